The number of carbonyl (C=O) groups is 2. The fraction of sp³-hybridized carbons (Fsp3) is 0.680. The molecule has 3 aliphatic rings. The molecule has 2 atom stereocenters. The number of benzene rings is 1. The highest BCUT2D eigenvalue weighted by molar-refractivity contribution is 5.97. The molecule has 32 heavy (non-hydrogen) atoms. The summed E-state index contributed by atoms with van der Waals surface area (Å²) in [6.45, 7) is 9.14. The number of hydrogen-bond donors (Lipinski definition) is 0. The number of piperazine rings is 1. The van der Waals surface area contributed by atoms with Crippen molar-refractivity contribution in [1.82, 2.24) is 14.7 Å². The van der Waals surface area contributed by atoms with Gasteiger partial charge in [-0.15, -0.1) is 0 Å². The molecule has 0 aliphatic carbocycles. The van der Waals surface area contributed by atoms with E-state index in [2.05, 4.69) is 16.7 Å². The molecule has 1 unspecified atom stereocenters. The Morgan fingerprint density at radius 2 is 1.81 bits per heavy atom. The Hall–Kier alpha value is -1.96. The molecule has 0 bridgehead atoms. The molecule has 0 aromatic heterocycles. The average molecular weight is 444 g/mol. The number of rotatable bonds is 9. The molecule has 0 radical (unpaired) electrons. The van der Waals surface area contributed by atoms with Gasteiger partial charge in [0, 0.05) is 50.9 Å². The van der Waals surface area contributed by atoms with Gasteiger partial charge in [-0.3, -0.25) is 14.5 Å². The van der Waals surface area contributed by atoms with Crippen LogP contribution in [0.3, 0.4) is 0 Å². The van der Waals surface area contributed by atoms with E-state index in [1.807, 2.05) is 29.2 Å². The van der Waals surface area contributed by atoms with E-state index in [-0.39, 0.29) is 17.8 Å². The fourth-order valence-electron chi connectivity index (χ4n) is 4.92. The Morgan fingerprint density at radius 3 is 2.47 bits per heavy atom. The van der Waals surface area contributed by atoms with Gasteiger partial charge in [0.1, 0.15) is 11.9 Å². The number of hydrogen-bond acceptors (Lipinski definition) is 6. The summed E-state index contributed by atoms with van der Waals surface area (Å²) in [4.78, 5) is 31.7. The van der Waals surface area contributed by atoms with Crippen LogP contribution in [0.1, 0.15) is 49.4 Å². The summed E-state index contributed by atoms with van der Waals surface area (Å²) in [5.41, 5.74) is 0.709. The van der Waals surface area contributed by atoms with Gasteiger partial charge < -0.3 is 19.3 Å². The lowest BCUT2D eigenvalue weighted by atomic mass is 10.1. The third-order valence-corrected chi connectivity index (χ3v) is 6.98. The van der Waals surface area contributed by atoms with Crippen molar-refractivity contribution in [3.05, 3.63) is 29.8 Å². The van der Waals surface area contributed by atoms with Crippen molar-refractivity contribution >= 4 is 11.7 Å². The van der Waals surface area contributed by atoms with Gasteiger partial charge in [0.15, 0.2) is 5.78 Å². The van der Waals surface area contributed by atoms with Gasteiger partial charge in [-0.1, -0.05) is 0 Å². The minimum atomic E-state index is -0.257. The molecule has 0 N–H and O–H groups in total. The van der Waals surface area contributed by atoms with Crippen LogP contribution in [0.2, 0.25) is 0 Å². The van der Waals surface area contributed by atoms with Crippen molar-refractivity contribution in [2.75, 3.05) is 59.0 Å². The van der Waals surface area contributed by atoms with Crippen LogP contribution >= 0.6 is 0 Å². The summed E-state index contributed by atoms with van der Waals surface area (Å²) >= 11 is 0. The lowest BCUT2D eigenvalue weighted by Gasteiger charge is -2.35. The lowest BCUT2D eigenvalue weighted by Crippen LogP contribution is -2.52. The zero-order valence-electron chi connectivity index (χ0n) is 19.3. The number of ether oxygens (including phenoxy) is 2. The van der Waals surface area contributed by atoms with Gasteiger partial charge in [0.25, 0.3) is 5.91 Å². The summed E-state index contributed by atoms with van der Waals surface area (Å²) in [5, 5.41) is 0. The van der Waals surface area contributed by atoms with Crippen LogP contribution in [0.25, 0.3) is 0 Å². The molecule has 0 saturated carbocycles. The zero-order valence-corrected chi connectivity index (χ0v) is 19.3. The van der Waals surface area contributed by atoms with E-state index in [1.165, 1.54) is 19.4 Å². The SMILES string of the molecule is C[C@@H]1CCCN1CCCOc1ccc(C(=O)CN2CCN(C(=O)C3CCCO3)CC2)cc1. The molecule has 7 heteroatoms. The summed E-state index contributed by atoms with van der Waals surface area (Å²) in [6, 6.07) is 8.20. The third-order valence-electron chi connectivity index (χ3n) is 6.98. The maximum atomic E-state index is 12.7. The van der Waals surface area contributed by atoms with Crippen molar-refractivity contribution in [3.8, 4) is 5.75 Å². The number of ketones is 1. The van der Waals surface area contributed by atoms with Crippen molar-refractivity contribution < 1.29 is 19.1 Å². The Kier molecular flexibility index (Phi) is 8.16. The van der Waals surface area contributed by atoms with E-state index in [0.717, 1.165) is 44.6 Å². The van der Waals surface area contributed by atoms with Gasteiger partial charge >= 0.3 is 0 Å². The maximum Gasteiger partial charge on any atom is 0.251 e. The quantitative estimate of drug-likeness (QED) is 0.432. The second kappa shape index (κ2) is 11.3. The largest absolute Gasteiger partial charge is 0.494 e. The first-order valence-electron chi connectivity index (χ1n) is 12.2. The molecular formula is C25H37N3O4. The Morgan fingerprint density at radius 1 is 1.03 bits per heavy atom. The monoisotopic (exact) mass is 443 g/mol. The van der Waals surface area contributed by atoms with Crippen LogP contribution in [0, 0.1) is 0 Å². The second-order valence-corrected chi connectivity index (χ2v) is 9.28. The third kappa shape index (κ3) is 6.09. The van der Waals surface area contributed by atoms with E-state index in [1.54, 1.807) is 0 Å². The number of amides is 1. The van der Waals surface area contributed by atoms with Crippen molar-refractivity contribution in [1.29, 1.82) is 0 Å². The first-order chi connectivity index (χ1) is 15.6. The van der Waals surface area contributed by atoms with Gasteiger partial charge in [-0.25, -0.2) is 0 Å². The topological polar surface area (TPSA) is 62.3 Å². The predicted octanol–water partition coefficient (Wildman–Crippen LogP) is 2.45. The van der Waals surface area contributed by atoms with Crippen LogP contribution in [-0.2, 0) is 9.53 Å². The smallest absolute Gasteiger partial charge is 0.251 e. The molecule has 3 saturated heterocycles. The minimum Gasteiger partial charge on any atom is -0.494 e. The molecule has 1 aromatic carbocycles. The standard InChI is InChI=1S/C25H37N3O4/c1-20-5-2-11-27(20)12-4-18-31-22-9-7-21(8-10-22)23(29)19-26-13-15-28(16-14-26)25(30)24-6-3-17-32-24/h7-10,20,24H,2-6,11-19H2,1H3/t20-,24?/m1/s1. The Balaban J connectivity index is 1.15. The van der Waals surface area contributed by atoms with Gasteiger partial charge in [-0.2, -0.15) is 0 Å². The number of Topliss-reactive ketones (excluding diaryl/α,β-unsaturated/α-hetero) is 1. The average Bonchev–Trinajstić information content (AvgIpc) is 3.49. The molecule has 3 aliphatic heterocycles. The molecule has 3 fully saturated rings. The van der Waals surface area contributed by atoms with Gasteiger partial charge in [0.2, 0.25) is 0 Å². The van der Waals surface area contributed by atoms with Crippen molar-refractivity contribution in [3.63, 3.8) is 0 Å². The first kappa shape index (κ1) is 23.2. The number of nitrogens with zero attached hydrogens (tertiary/aromatic N) is 3. The highest BCUT2D eigenvalue weighted by atomic mass is 16.5. The van der Waals surface area contributed by atoms with Crippen LogP contribution in [-0.4, -0.2) is 97.6 Å². The predicted molar refractivity (Wildman–Crippen MR) is 123 cm³/mol. The van der Waals surface area contributed by atoms with Crippen LogP contribution in [0.15, 0.2) is 24.3 Å². The molecule has 3 heterocycles. The van der Waals surface area contributed by atoms with Crippen molar-refractivity contribution in [2.45, 2.75) is 51.2 Å². The molecule has 4 rings (SSSR count). The van der Waals surface area contributed by atoms with Crippen LogP contribution in [0.5, 0.6) is 5.75 Å². The minimum absolute atomic E-state index is 0.110. The van der Waals surface area contributed by atoms with Crippen molar-refractivity contribution in [2.24, 2.45) is 0 Å². The zero-order chi connectivity index (χ0) is 22.3. The molecule has 0 spiro atoms. The second-order valence-electron chi connectivity index (χ2n) is 9.28. The lowest BCUT2D eigenvalue weighted by molar-refractivity contribution is -0.142. The molecular weight excluding hydrogens is 406 g/mol. The summed E-state index contributed by atoms with van der Waals surface area (Å²) in [6.07, 6.45) is 5.17. The molecule has 7 nitrogen and oxygen atoms in total. The normalized spacial score (nSPS) is 24.7. The highest BCUT2D eigenvalue weighted by Crippen LogP contribution is 2.18. The van der Waals surface area contributed by atoms with E-state index >= 15 is 0 Å². The van der Waals surface area contributed by atoms with E-state index < -0.39 is 0 Å². The molecule has 1 amide bonds. The number of carbonyl (C=O) groups excluding carboxylic acids is 2. The number of likely N-dealkylation sites (tertiary alicyclic amines) is 1. The summed E-state index contributed by atoms with van der Waals surface area (Å²) < 4.78 is 11.4. The van der Waals surface area contributed by atoms with E-state index in [4.69, 9.17) is 9.47 Å². The van der Waals surface area contributed by atoms with Gasteiger partial charge in [0.05, 0.1) is 13.2 Å². The first-order valence-corrected chi connectivity index (χ1v) is 12.2. The van der Waals surface area contributed by atoms with Crippen LogP contribution in [0.4, 0.5) is 0 Å². The summed E-state index contributed by atoms with van der Waals surface area (Å²) in [7, 11) is 0. The highest BCUT2D eigenvalue weighted by Gasteiger charge is 2.30. The molecule has 176 valence electrons. The van der Waals surface area contributed by atoms with Gasteiger partial charge in [-0.05, 0) is 69.8 Å². The maximum absolute atomic E-state index is 12.7. The van der Waals surface area contributed by atoms with E-state index in [9.17, 15) is 9.59 Å². The van der Waals surface area contributed by atoms with Crippen LogP contribution < -0.4 is 4.74 Å². The Bertz CT molecular complexity index is 755. The fourth-order valence-corrected chi connectivity index (χ4v) is 4.92. The molecule has 1 aromatic rings. The van der Waals surface area contributed by atoms with E-state index in [0.29, 0.717) is 44.5 Å². The Labute approximate surface area is 191 Å². The summed E-state index contributed by atoms with van der Waals surface area (Å²) in [5.74, 6) is 1.04.